The molecule has 0 amide bonds. The predicted molar refractivity (Wildman–Crippen MR) is 46.9 cm³/mol. The van der Waals surface area contributed by atoms with E-state index in [-0.39, 0.29) is 11.4 Å². The van der Waals surface area contributed by atoms with Gasteiger partial charge in [0.15, 0.2) is 0 Å². The molecule has 0 N–H and O–H groups in total. The molecule has 0 bridgehead atoms. The van der Waals surface area contributed by atoms with Crippen LogP contribution in [-0.2, 0) is 9.53 Å². The van der Waals surface area contributed by atoms with Crippen LogP contribution in [0.5, 0.6) is 0 Å². The van der Waals surface area contributed by atoms with Crippen LogP contribution in [0.4, 0.5) is 0 Å². The van der Waals surface area contributed by atoms with Crippen LogP contribution in [0.25, 0.3) is 0 Å². The highest BCUT2D eigenvalue weighted by molar-refractivity contribution is 5.78. The molecule has 0 aliphatic heterocycles. The van der Waals surface area contributed by atoms with Gasteiger partial charge in [0.1, 0.15) is 0 Å². The molecule has 0 radical (unpaired) electrons. The highest BCUT2D eigenvalue weighted by atomic mass is 16.5. The Labute approximate surface area is 73.7 Å². The molecule has 1 saturated carbocycles. The molecule has 3 nitrogen and oxygen atoms in total. The minimum Gasteiger partial charge on any atom is -0.469 e. The Morgan fingerprint density at radius 2 is 2.08 bits per heavy atom. The van der Waals surface area contributed by atoms with E-state index in [1.54, 1.807) is 0 Å². The van der Waals surface area contributed by atoms with Gasteiger partial charge in [-0.05, 0) is 26.9 Å². The first-order valence-corrected chi connectivity index (χ1v) is 4.34. The van der Waals surface area contributed by atoms with Gasteiger partial charge in [0.25, 0.3) is 0 Å². The van der Waals surface area contributed by atoms with E-state index in [1.807, 2.05) is 14.1 Å². The van der Waals surface area contributed by atoms with Crippen molar-refractivity contribution in [2.24, 2.45) is 5.41 Å². The summed E-state index contributed by atoms with van der Waals surface area (Å²) in [5, 5.41) is 0. The molecule has 1 aliphatic rings. The molecule has 0 aromatic carbocycles. The van der Waals surface area contributed by atoms with Crippen molar-refractivity contribution in [3.63, 3.8) is 0 Å². The fourth-order valence-corrected chi connectivity index (χ4v) is 1.85. The van der Waals surface area contributed by atoms with Gasteiger partial charge in [-0.25, -0.2) is 0 Å². The molecule has 3 heteroatoms. The van der Waals surface area contributed by atoms with Crippen LogP contribution in [0.15, 0.2) is 0 Å². The van der Waals surface area contributed by atoms with E-state index in [4.69, 9.17) is 4.74 Å². The molecule has 70 valence electrons. The largest absolute Gasteiger partial charge is 0.469 e. The van der Waals surface area contributed by atoms with Gasteiger partial charge in [0.2, 0.25) is 0 Å². The molecule has 0 aromatic rings. The van der Waals surface area contributed by atoms with Crippen LogP contribution in [0.1, 0.15) is 19.3 Å². The Morgan fingerprint density at radius 1 is 1.50 bits per heavy atom. The summed E-state index contributed by atoms with van der Waals surface area (Å²) in [7, 11) is 5.45. The number of carbonyl (C=O) groups excluding carboxylic acids is 1. The van der Waals surface area contributed by atoms with Crippen LogP contribution in [-0.4, -0.2) is 38.6 Å². The second-order valence-electron chi connectivity index (χ2n) is 3.86. The third-order valence-electron chi connectivity index (χ3n) is 2.55. The summed E-state index contributed by atoms with van der Waals surface area (Å²) >= 11 is 0. The maximum atomic E-state index is 11.4. The molecule has 12 heavy (non-hydrogen) atoms. The number of methoxy groups -OCH3 is 1. The van der Waals surface area contributed by atoms with Gasteiger partial charge < -0.3 is 9.64 Å². The Hall–Kier alpha value is -0.570. The fourth-order valence-electron chi connectivity index (χ4n) is 1.85. The van der Waals surface area contributed by atoms with Gasteiger partial charge in [-0.3, -0.25) is 4.79 Å². The number of esters is 1. The molecule has 0 heterocycles. The van der Waals surface area contributed by atoms with Crippen molar-refractivity contribution in [3.8, 4) is 0 Å². The van der Waals surface area contributed by atoms with E-state index in [0.717, 1.165) is 25.8 Å². The first-order valence-electron chi connectivity index (χ1n) is 4.34. The molecule has 0 atom stereocenters. The number of carbonyl (C=O) groups is 1. The molecule has 0 unspecified atom stereocenters. The molecule has 1 aliphatic carbocycles. The van der Waals surface area contributed by atoms with Crippen molar-refractivity contribution >= 4 is 5.97 Å². The number of ether oxygens (including phenoxy) is 1. The molecule has 0 aromatic heterocycles. The lowest BCUT2D eigenvalue weighted by molar-refractivity contribution is -0.159. The van der Waals surface area contributed by atoms with Crippen molar-refractivity contribution in [2.45, 2.75) is 19.3 Å². The quantitative estimate of drug-likeness (QED) is 0.591. The van der Waals surface area contributed by atoms with Gasteiger partial charge in [-0.2, -0.15) is 0 Å². The Morgan fingerprint density at radius 3 is 2.33 bits per heavy atom. The summed E-state index contributed by atoms with van der Waals surface area (Å²) in [6.07, 6.45) is 3.12. The second-order valence-corrected chi connectivity index (χ2v) is 3.86. The number of rotatable bonds is 3. The fraction of sp³-hybridized carbons (Fsp3) is 0.889. The maximum absolute atomic E-state index is 11.4. The summed E-state index contributed by atoms with van der Waals surface area (Å²) in [5.74, 6) is -0.0394. The lowest BCUT2D eigenvalue weighted by Crippen LogP contribution is -2.46. The molecule has 1 fully saturated rings. The average molecular weight is 171 g/mol. The minimum atomic E-state index is -0.182. The predicted octanol–water partition coefficient (Wildman–Crippen LogP) is 0.891. The second kappa shape index (κ2) is 3.44. The molecular weight excluding hydrogens is 154 g/mol. The average Bonchev–Trinajstić information content (AvgIpc) is 1.95. The Bertz CT molecular complexity index is 173. The number of hydrogen-bond donors (Lipinski definition) is 0. The summed E-state index contributed by atoms with van der Waals surface area (Å²) < 4.78 is 4.79. The number of nitrogens with zero attached hydrogens (tertiary/aromatic N) is 1. The molecule has 0 saturated heterocycles. The van der Waals surface area contributed by atoms with Crippen LogP contribution < -0.4 is 0 Å². The highest BCUT2D eigenvalue weighted by Gasteiger charge is 2.45. The summed E-state index contributed by atoms with van der Waals surface area (Å²) in [4.78, 5) is 13.5. The summed E-state index contributed by atoms with van der Waals surface area (Å²) in [5.41, 5.74) is -0.182. The smallest absolute Gasteiger partial charge is 0.313 e. The van der Waals surface area contributed by atoms with Crippen molar-refractivity contribution in [2.75, 3.05) is 27.7 Å². The molecular formula is C9H17NO2. The van der Waals surface area contributed by atoms with Crippen molar-refractivity contribution in [3.05, 3.63) is 0 Å². The topological polar surface area (TPSA) is 29.5 Å². The molecule has 0 spiro atoms. The van der Waals surface area contributed by atoms with Gasteiger partial charge in [0.05, 0.1) is 12.5 Å². The normalized spacial score (nSPS) is 20.3. The lowest BCUT2D eigenvalue weighted by atomic mass is 9.68. The van der Waals surface area contributed by atoms with Gasteiger partial charge in [-0.15, -0.1) is 0 Å². The van der Waals surface area contributed by atoms with Crippen molar-refractivity contribution < 1.29 is 9.53 Å². The Balaban J connectivity index is 2.56. The summed E-state index contributed by atoms with van der Waals surface area (Å²) in [6.45, 7) is 0.819. The van der Waals surface area contributed by atoms with Crippen LogP contribution >= 0.6 is 0 Å². The third-order valence-corrected chi connectivity index (χ3v) is 2.55. The van der Waals surface area contributed by atoms with E-state index < -0.39 is 0 Å². The summed E-state index contributed by atoms with van der Waals surface area (Å²) in [6, 6.07) is 0. The van der Waals surface area contributed by atoms with Gasteiger partial charge in [0, 0.05) is 6.54 Å². The van der Waals surface area contributed by atoms with Crippen LogP contribution in [0, 0.1) is 5.41 Å². The van der Waals surface area contributed by atoms with Gasteiger partial charge >= 0.3 is 5.97 Å². The highest BCUT2D eigenvalue weighted by Crippen LogP contribution is 2.42. The van der Waals surface area contributed by atoms with Crippen LogP contribution in [0.3, 0.4) is 0 Å². The van der Waals surface area contributed by atoms with E-state index in [1.165, 1.54) is 7.11 Å². The van der Waals surface area contributed by atoms with Crippen LogP contribution in [0.2, 0.25) is 0 Å². The van der Waals surface area contributed by atoms with E-state index in [9.17, 15) is 4.79 Å². The minimum absolute atomic E-state index is 0.0394. The van der Waals surface area contributed by atoms with E-state index in [0.29, 0.717) is 0 Å². The monoisotopic (exact) mass is 171 g/mol. The number of hydrogen-bond acceptors (Lipinski definition) is 3. The zero-order valence-electron chi connectivity index (χ0n) is 8.09. The maximum Gasteiger partial charge on any atom is 0.313 e. The van der Waals surface area contributed by atoms with Crippen molar-refractivity contribution in [1.82, 2.24) is 4.90 Å². The first kappa shape index (κ1) is 9.52. The SMILES string of the molecule is COC(=O)C1(CN(C)C)CCC1. The van der Waals surface area contributed by atoms with E-state index in [2.05, 4.69) is 4.90 Å². The standard InChI is InChI=1S/C9H17NO2/c1-10(2)7-9(5-4-6-9)8(11)12-3/h4-7H2,1-3H3. The zero-order valence-corrected chi connectivity index (χ0v) is 8.09. The zero-order chi connectivity index (χ0) is 9.19. The Kier molecular flexibility index (Phi) is 2.73. The lowest BCUT2D eigenvalue weighted by Gasteiger charge is -2.40. The van der Waals surface area contributed by atoms with E-state index >= 15 is 0 Å². The third kappa shape index (κ3) is 1.61. The molecule has 1 rings (SSSR count). The van der Waals surface area contributed by atoms with Crippen molar-refractivity contribution in [1.29, 1.82) is 0 Å². The van der Waals surface area contributed by atoms with Gasteiger partial charge in [-0.1, -0.05) is 6.42 Å². The first-order chi connectivity index (χ1) is 5.60.